The summed E-state index contributed by atoms with van der Waals surface area (Å²) in [5.74, 6) is -6.07. The molecule has 3 aromatic carbocycles. The van der Waals surface area contributed by atoms with Crippen LogP contribution in [-0.2, 0) is 78.6 Å². The van der Waals surface area contributed by atoms with E-state index in [0.717, 1.165) is 60.4 Å². The van der Waals surface area contributed by atoms with Gasteiger partial charge >= 0.3 is 47.8 Å². The molecule has 2 saturated heterocycles. The lowest BCUT2D eigenvalue weighted by Crippen LogP contribution is -2.69. The highest BCUT2D eigenvalue weighted by atomic mass is 35.5. The number of sulfonamides is 2. The average molecular weight is 1800 g/mol. The van der Waals surface area contributed by atoms with Crippen LogP contribution in [0.2, 0.25) is 5.02 Å². The van der Waals surface area contributed by atoms with E-state index in [-0.39, 0.29) is 79.3 Å². The van der Waals surface area contributed by atoms with Crippen LogP contribution in [0.15, 0.2) is 205 Å². The summed E-state index contributed by atoms with van der Waals surface area (Å²) in [5, 5.41) is 6.15. The number of likely N-dealkylation sites (N-methyl/N-ethyl adjacent to an activating group) is 1. The van der Waals surface area contributed by atoms with Crippen LogP contribution in [-0.4, -0.2) is 239 Å². The number of piperidine rings is 1. The lowest BCUT2D eigenvalue weighted by Gasteiger charge is -2.52. The van der Waals surface area contributed by atoms with Gasteiger partial charge in [-0.1, -0.05) is 11.6 Å². The second-order valence-electron chi connectivity index (χ2n) is 30.2. The second-order valence-corrected chi connectivity index (χ2v) is 34.1. The van der Waals surface area contributed by atoms with Crippen LogP contribution in [0.4, 0.5) is 0 Å². The predicted molar refractivity (Wildman–Crippen MR) is 448 cm³/mol. The van der Waals surface area contributed by atoms with Gasteiger partial charge in [0.25, 0.3) is 0 Å². The third kappa shape index (κ3) is 20.9. The van der Waals surface area contributed by atoms with Gasteiger partial charge in [0.2, 0.25) is 25.8 Å². The third-order valence-corrected chi connectivity index (χ3v) is 25.5. The number of nitrogens with one attached hydrogen (secondary N) is 1. The molecule has 1 unspecified atom stereocenters. The monoisotopic (exact) mass is 1800 g/mol. The maximum atomic E-state index is 14.0. The van der Waals surface area contributed by atoms with Crippen LogP contribution < -0.4 is 24.1 Å². The first kappa shape index (κ1) is 91.7. The van der Waals surface area contributed by atoms with Crippen molar-refractivity contribution < 1.29 is 122 Å². The summed E-state index contributed by atoms with van der Waals surface area (Å²) in [6.07, 6.45) is 6.05. The Hall–Kier alpha value is -13.0. The predicted octanol–water partition coefficient (Wildman–Crippen LogP) is 9.07. The number of carbonyl (C=O) groups is 8. The number of aromatic amines is 1. The number of esters is 8. The Labute approximate surface area is 734 Å². The minimum Gasteiger partial charge on any atom is -0.497 e. The molecule has 7 atom stereocenters. The molecule has 0 spiro atoms. The largest absolute Gasteiger partial charge is 0.497 e. The van der Waals surface area contributed by atoms with Gasteiger partial charge in [-0.15, -0.1) is 0 Å². The molecule has 2 saturated carbocycles. The maximum Gasteiger partial charge on any atom is 0.340 e. The van der Waals surface area contributed by atoms with Crippen molar-refractivity contribution in [1.29, 1.82) is 0 Å². The van der Waals surface area contributed by atoms with Gasteiger partial charge in [-0.3, -0.25) is 39.6 Å². The molecule has 15 rings (SSSR count). The molecule has 3 N–H and O–H groups in total. The summed E-state index contributed by atoms with van der Waals surface area (Å²) in [6.45, 7) is 4.30. The zero-order valence-corrected chi connectivity index (χ0v) is 72.1. The highest BCUT2D eigenvalue weighted by molar-refractivity contribution is 7.90. The molecule has 0 amide bonds. The Kier molecular flexibility index (Phi) is 29.3. The van der Waals surface area contributed by atoms with Gasteiger partial charge in [0.1, 0.15) is 22.9 Å². The number of fused-ring (bicyclic) bond motifs is 6. The van der Waals surface area contributed by atoms with E-state index < -0.39 is 127 Å². The van der Waals surface area contributed by atoms with Crippen LogP contribution >= 0.6 is 11.6 Å². The van der Waals surface area contributed by atoms with Crippen molar-refractivity contribution in [2.45, 2.75) is 109 Å². The number of nitrogens with two attached hydrogens (primary N) is 1. The quantitative estimate of drug-likeness (QED) is 0.0397. The number of rotatable bonds is 25. The van der Waals surface area contributed by atoms with E-state index in [9.17, 15) is 55.2 Å². The maximum absolute atomic E-state index is 14.0. The van der Waals surface area contributed by atoms with Crippen LogP contribution in [0.25, 0.3) is 10.9 Å². The van der Waals surface area contributed by atoms with Crippen LogP contribution in [0.5, 0.6) is 23.0 Å². The molecule has 0 radical (unpaired) electrons. The minimum absolute atomic E-state index is 0.0170. The second kappa shape index (κ2) is 40.6. The summed E-state index contributed by atoms with van der Waals surface area (Å²) in [5.41, 5.74) is 2.64. The summed E-state index contributed by atoms with van der Waals surface area (Å²) in [7, 11) is 2.52. The molecule has 127 heavy (non-hydrogen) atoms. The standard InChI is InChI=1S/C42H30N6O12.C33H40N2O9.C13H19ClN2O5S2/c49-37(25-7-1-13-43-19-25)55-31-32(56-38(50)26-8-2-14-44-20-26)34(58-40(52)28-10-4-16-46-22-28)36(60-42(54)30-12-6-18-48-24-30)35(59-41(53)29-11-5-17-47-23-29)33(31)57-39(51)27-9-3-15-45-21-27;1-38-19-7-8-20-21-9-10-35-16-18-13-27(44-32(36)17-11-25(39-2)30(41-4)26(12-17)40-3)31(42-5)28(33(37)43-6)22(18)15-24(35)29(21)34-23(20)14-19;1-13(6-3-7-21-13)9-16(2)23(19,20)10-4-5-11(14)12(8-10)22(15,17)18/h1-24,31-36H;7-8,11-12,14,18,22,24,27-28,31,34H,9-10,13,15-16H2,1-6H3;4-5,8H,3,6-7,9H2,1-2H3,(H2,15,17,18)/t;18-,22+,24-,27-,28+,31+;/m.1./s1. The van der Waals surface area contributed by atoms with E-state index in [1.165, 1.54) is 211 Å². The van der Waals surface area contributed by atoms with E-state index in [2.05, 4.69) is 45.9 Å². The van der Waals surface area contributed by atoms with Crippen LogP contribution in [0.1, 0.15) is 122 Å². The van der Waals surface area contributed by atoms with E-state index in [4.69, 9.17) is 83.1 Å². The van der Waals surface area contributed by atoms with Crippen molar-refractivity contribution in [2.24, 2.45) is 22.9 Å². The number of halogens is 1. The van der Waals surface area contributed by atoms with E-state index in [1.807, 2.05) is 19.1 Å². The lowest BCUT2D eigenvalue weighted by molar-refractivity contribution is -0.223. The number of aromatic nitrogens is 7. The third-order valence-electron chi connectivity index (χ3n) is 22.3. The number of nitrogens with zero attached hydrogens (tertiary/aromatic N) is 8. The highest BCUT2D eigenvalue weighted by Gasteiger charge is 2.62. The molecule has 0 bridgehead atoms. The number of hydrogen-bond acceptors (Lipinski definition) is 33. The van der Waals surface area contributed by atoms with Gasteiger partial charge < -0.3 is 71.3 Å². The summed E-state index contributed by atoms with van der Waals surface area (Å²) in [6, 6.07) is 29.7. The van der Waals surface area contributed by atoms with Crippen molar-refractivity contribution in [1.82, 2.24) is 44.1 Å². The van der Waals surface area contributed by atoms with Crippen LogP contribution in [0.3, 0.4) is 0 Å². The number of H-pyrrole nitrogens is 1. The molecule has 7 aromatic heterocycles. The van der Waals surface area contributed by atoms with E-state index in [1.54, 1.807) is 26.4 Å². The number of benzene rings is 3. The first-order valence-electron chi connectivity index (χ1n) is 39.7. The van der Waals surface area contributed by atoms with Gasteiger partial charge in [-0.25, -0.2) is 55.5 Å². The molecule has 10 aromatic rings. The van der Waals surface area contributed by atoms with Gasteiger partial charge in [-0.05, 0) is 172 Å². The van der Waals surface area contributed by atoms with Crippen molar-refractivity contribution in [3.05, 3.63) is 251 Å². The van der Waals surface area contributed by atoms with Gasteiger partial charge in [-0.2, -0.15) is 4.31 Å². The molecule has 666 valence electrons. The van der Waals surface area contributed by atoms with Crippen molar-refractivity contribution >= 4 is 90.3 Å². The molecular weight excluding hydrogens is 1710 g/mol. The number of methoxy groups -OCH3 is 6. The molecule has 36 nitrogen and oxygen atoms in total. The van der Waals surface area contributed by atoms with E-state index in [0.29, 0.717) is 30.3 Å². The Morgan fingerprint density at radius 3 is 1.35 bits per heavy atom. The number of pyridine rings is 6. The topological polar surface area (TPSA) is 460 Å². The summed E-state index contributed by atoms with van der Waals surface area (Å²) in [4.78, 5) is 140. The van der Waals surface area contributed by atoms with Gasteiger partial charge in [0, 0.05) is 137 Å². The van der Waals surface area contributed by atoms with Crippen molar-refractivity contribution in [3.63, 3.8) is 0 Å². The first-order valence-corrected chi connectivity index (χ1v) is 43.1. The average Bonchev–Trinajstić information content (AvgIpc) is 1.70. The fraction of sp³-hybridized carbons (Fsp3) is 0.341. The first-order chi connectivity index (χ1) is 61.1. The Bertz CT molecular complexity index is 5380. The normalized spacial score (nSPS) is 22.3. The molecule has 10 heterocycles. The zero-order chi connectivity index (χ0) is 90.4. The lowest BCUT2D eigenvalue weighted by atomic mass is 9.63. The van der Waals surface area contributed by atoms with Crippen molar-refractivity contribution in [3.8, 4) is 23.0 Å². The van der Waals surface area contributed by atoms with Crippen molar-refractivity contribution in [2.75, 3.05) is 75.9 Å². The fourth-order valence-corrected chi connectivity index (χ4v) is 18.8. The molecule has 3 aliphatic heterocycles. The minimum atomic E-state index is -4.12. The summed E-state index contributed by atoms with van der Waals surface area (Å²) >= 11 is 5.78. The van der Waals surface area contributed by atoms with Gasteiger partial charge in [0.05, 0.1) is 102 Å². The number of carbonyl (C=O) groups excluding carboxylic acids is 8. The van der Waals surface area contributed by atoms with Gasteiger partial charge in [0.15, 0.2) is 48.1 Å². The number of hydrogen-bond donors (Lipinski definition) is 2. The van der Waals surface area contributed by atoms with Crippen LogP contribution in [0, 0.1) is 17.8 Å². The summed E-state index contributed by atoms with van der Waals surface area (Å²) < 4.78 is 130. The molecule has 4 fully saturated rings. The highest BCUT2D eigenvalue weighted by Crippen LogP contribution is 2.52. The number of primary sulfonamides is 1. The SMILES string of the molecule is CN(CC1(C)CCCO1)S(=O)(=O)c1ccc(Cl)c(S(N)(=O)=O)c1.COC(=O)[C@H]1[C@H]2C[C@@H]3c4[nH]c5cc(OC)ccc5c4CCN3C[C@H]2C[C@@H](OC(=O)c2cc(OC)c(OC)c(OC)c2)[C@@H]1OC.O=C(OC1C(OC(=O)c2cccnc2)C(OC(=O)c2cccnc2)C(OC(=O)c2cccnc2)C(OC(=O)c2cccnc2)C1OC(=O)c1cccnc1)c1cccnc1. The van der Waals surface area contributed by atoms with E-state index >= 15 is 0 Å². The molecule has 5 aliphatic rings. The molecular formula is C88H89ClN10O26S2. The number of ether oxygens (including phenoxy) is 14. The smallest absolute Gasteiger partial charge is 0.340 e. The zero-order valence-electron chi connectivity index (χ0n) is 69.7. The Balaban J connectivity index is 0.000000179. The fourth-order valence-electron chi connectivity index (χ4n) is 16.3. The molecule has 39 heteroatoms. The molecule has 2 aliphatic carbocycles. The Morgan fingerprint density at radius 1 is 0.543 bits per heavy atom. The Morgan fingerprint density at radius 2 is 0.984 bits per heavy atom.